The summed E-state index contributed by atoms with van der Waals surface area (Å²) in [5.74, 6) is -0.593. The molecule has 2 amide bonds. The molecule has 0 aliphatic carbocycles. The van der Waals surface area contributed by atoms with Gasteiger partial charge in [0, 0.05) is 24.8 Å². The normalized spacial score (nSPS) is 10.1. The Hall–Kier alpha value is -3.54. The van der Waals surface area contributed by atoms with Crippen LogP contribution in [0.2, 0.25) is 0 Å². The molecule has 25 heavy (non-hydrogen) atoms. The summed E-state index contributed by atoms with van der Waals surface area (Å²) in [6.07, 6.45) is 6.17. The van der Waals surface area contributed by atoms with Gasteiger partial charge in [0.15, 0.2) is 0 Å². The molecule has 0 spiro atoms. The van der Waals surface area contributed by atoms with Crippen LogP contribution in [0.5, 0.6) is 0 Å². The first kappa shape index (κ1) is 16.3. The summed E-state index contributed by atoms with van der Waals surface area (Å²) >= 11 is 0. The molecule has 3 aromatic rings. The van der Waals surface area contributed by atoms with Crippen molar-refractivity contribution in [2.45, 2.75) is 6.92 Å². The van der Waals surface area contributed by atoms with E-state index >= 15 is 0 Å². The molecule has 0 aliphatic rings. The molecule has 6 nitrogen and oxygen atoms in total. The van der Waals surface area contributed by atoms with Gasteiger partial charge in [-0.3, -0.25) is 19.6 Å². The molecule has 0 saturated heterocycles. The van der Waals surface area contributed by atoms with Crippen LogP contribution in [0.25, 0.3) is 0 Å². The summed E-state index contributed by atoms with van der Waals surface area (Å²) in [5, 5.41) is 5.62. The molecule has 6 heteroatoms. The number of aromatic nitrogens is 2. The first-order valence-electron chi connectivity index (χ1n) is 7.67. The van der Waals surface area contributed by atoms with E-state index in [0.717, 1.165) is 5.56 Å². The lowest BCUT2D eigenvalue weighted by molar-refractivity contribution is 0.101. The maximum atomic E-state index is 12.4. The zero-order valence-corrected chi connectivity index (χ0v) is 13.6. The summed E-state index contributed by atoms with van der Waals surface area (Å²) in [7, 11) is 0. The quantitative estimate of drug-likeness (QED) is 0.768. The lowest BCUT2D eigenvalue weighted by Gasteiger charge is -2.13. The first-order chi connectivity index (χ1) is 12.1. The molecule has 0 unspecified atom stereocenters. The number of aryl methyl sites for hydroxylation is 1. The Morgan fingerprint density at radius 2 is 1.36 bits per heavy atom. The molecule has 0 bridgehead atoms. The van der Waals surface area contributed by atoms with Gasteiger partial charge in [0.25, 0.3) is 11.8 Å². The van der Waals surface area contributed by atoms with E-state index in [1.165, 1.54) is 12.4 Å². The lowest BCUT2D eigenvalue weighted by Crippen LogP contribution is -2.17. The fraction of sp³-hybridized carbons (Fsp3) is 0.0526. The number of carbonyl (C=O) groups is 2. The Morgan fingerprint density at radius 1 is 0.800 bits per heavy atom. The second-order valence-electron chi connectivity index (χ2n) is 5.44. The number of pyridine rings is 2. The van der Waals surface area contributed by atoms with E-state index in [0.29, 0.717) is 22.5 Å². The zero-order valence-electron chi connectivity index (χ0n) is 13.6. The minimum absolute atomic E-state index is 0.296. The fourth-order valence-corrected chi connectivity index (χ4v) is 2.25. The largest absolute Gasteiger partial charge is 0.320 e. The number of anilines is 2. The highest BCUT2D eigenvalue weighted by Gasteiger charge is 2.13. The minimum Gasteiger partial charge on any atom is -0.320 e. The number of nitrogens with one attached hydrogen (secondary N) is 2. The molecular weight excluding hydrogens is 316 g/mol. The van der Waals surface area contributed by atoms with Crippen LogP contribution in [0.3, 0.4) is 0 Å². The van der Waals surface area contributed by atoms with Crippen molar-refractivity contribution in [2.24, 2.45) is 0 Å². The Bertz CT molecular complexity index is 896. The van der Waals surface area contributed by atoms with Gasteiger partial charge < -0.3 is 10.6 Å². The van der Waals surface area contributed by atoms with Gasteiger partial charge in [-0.2, -0.15) is 0 Å². The topological polar surface area (TPSA) is 84.0 Å². The Labute approximate surface area is 145 Å². The van der Waals surface area contributed by atoms with Crippen LogP contribution in [0.4, 0.5) is 11.4 Å². The van der Waals surface area contributed by atoms with Crippen LogP contribution in [0.15, 0.2) is 67.3 Å². The van der Waals surface area contributed by atoms with Crippen molar-refractivity contribution < 1.29 is 9.59 Å². The molecule has 1 aromatic carbocycles. The Balaban J connectivity index is 1.83. The molecular formula is C19H16N4O2. The number of hydrogen-bond donors (Lipinski definition) is 2. The first-order valence-corrected chi connectivity index (χ1v) is 7.67. The van der Waals surface area contributed by atoms with Crippen LogP contribution in [0.1, 0.15) is 26.3 Å². The summed E-state index contributed by atoms with van der Waals surface area (Å²) in [5.41, 5.74) is 2.87. The number of amides is 2. The molecule has 0 aliphatic heterocycles. The van der Waals surface area contributed by atoms with E-state index in [9.17, 15) is 9.59 Å². The maximum absolute atomic E-state index is 12.4. The number of hydrogen-bond acceptors (Lipinski definition) is 4. The van der Waals surface area contributed by atoms with Crippen molar-refractivity contribution in [1.82, 2.24) is 9.97 Å². The molecule has 0 radical (unpaired) electrons. The molecule has 124 valence electrons. The van der Waals surface area contributed by atoms with Crippen LogP contribution in [0, 0.1) is 6.92 Å². The smallest absolute Gasteiger partial charge is 0.257 e. The minimum atomic E-state index is -0.297. The van der Waals surface area contributed by atoms with E-state index in [2.05, 4.69) is 20.6 Å². The van der Waals surface area contributed by atoms with E-state index in [1.807, 2.05) is 13.0 Å². The zero-order chi connectivity index (χ0) is 17.6. The average Bonchev–Trinajstić information content (AvgIpc) is 2.65. The highest BCUT2D eigenvalue weighted by atomic mass is 16.2. The van der Waals surface area contributed by atoms with Crippen molar-refractivity contribution in [3.05, 3.63) is 83.9 Å². The van der Waals surface area contributed by atoms with Crippen LogP contribution in [-0.4, -0.2) is 21.8 Å². The van der Waals surface area contributed by atoms with Gasteiger partial charge in [-0.1, -0.05) is 6.07 Å². The average molecular weight is 332 g/mol. The third-order valence-corrected chi connectivity index (χ3v) is 3.52. The summed E-state index contributed by atoms with van der Waals surface area (Å²) in [4.78, 5) is 32.6. The van der Waals surface area contributed by atoms with Crippen LogP contribution in [-0.2, 0) is 0 Å². The van der Waals surface area contributed by atoms with Crippen molar-refractivity contribution in [3.63, 3.8) is 0 Å². The number of carbonyl (C=O) groups excluding carboxylic acids is 2. The Kier molecular flexibility index (Phi) is 4.80. The van der Waals surface area contributed by atoms with E-state index in [-0.39, 0.29) is 11.8 Å². The SMILES string of the molecule is Cc1ccc(NC(=O)c2cccnc2)c(NC(=O)c2cccnc2)c1. The van der Waals surface area contributed by atoms with Gasteiger partial charge in [0.2, 0.25) is 0 Å². The van der Waals surface area contributed by atoms with Gasteiger partial charge in [-0.05, 0) is 48.9 Å². The van der Waals surface area contributed by atoms with Crippen molar-refractivity contribution in [1.29, 1.82) is 0 Å². The summed E-state index contributed by atoms with van der Waals surface area (Å²) in [6.45, 7) is 1.91. The van der Waals surface area contributed by atoms with Crippen molar-refractivity contribution >= 4 is 23.2 Å². The van der Waals surface area contributed by atoms with Gasteiger partial charge in [0.05, 0.1) is 22.5 Å². The third-order valence-electron chi connectivity index (χ3n) is 3.52. The molecule has 0 saturated carbocycles. The highest BCUT2D eigenvalue weighted by Crippen LogP contribution is 2.24. The Morgan fingerprint density at radius 3 is 1.88 bits per heavy atom. The van der Waals surface area contributed by atoms with Crippen LogP contribution < -0.4 is 10.6 Å². The second kappa shape index (κ2) is 7.35. The van der Waals surface area contributed by atoms with Gasteiger partial charge in [0.1, 0.15) is 0 Å². The predicted molar refractivity (Wildman–Crippen MR) is 95.6 cm³/mol. The van der Waals surface area contributed by atoms with E-state index in [1.54, 1.807) is 48.8 Å². The van der Waals surface area contributed by atoms with Crippen LogP contribution >= 0.6 is 0 Å². The molecule has 2 N–H and O–H groups in total. The number of nitrogens with zero attached hydrogens (tertiary/aromatic N) is 2. The van der Waals surface area contributed by atoms with Gasteiger partial charge in [-0.15, -0.1) is 0 Å². The van der Waals surface area contributed by atoms with Crippen molar-refractivity contribution in [3.8, 4) is 0 Å². The summed E-state index contributed by atoms with van der Waals surface area (Å²) in [6, 6.07) is 12.1. The van der Waals surface area contributed by atoms with Gasteiger partial charge in [-0.25, -0.2) is 0 Å². The molecule has 3 rings (SSSR count). The monoisotopic (exact) mass is 332 g/mol. The predicted octanol–water partition coefficient (Wildman–Crippen LogP) is 3.29. The number of benzene rings is 1. The van der Waals surface area contributed by atoms with E-state index < -0.39 is 0 Å². The molecule has 2 heterocycles. The fourth-order valence-electron chi connectivity index (χ4n) is 2.25. The summed E-state index contributed by atoms with van der Waals surface area (Å²) < 4.78 is 0. The van der Waals surface area contributed by atoms with E-state index in [4.69, 9.17) is 0 Å². The standard InChI is InChI=1S/C19H16N4O2/c1-13-6-7-16(22-18(24)14-4-2-8-20-11-14)17(10-13)23-19(25)15-5-3-9-21-12-15/h2-12H,1H3,(H,22,24)(H,23,25). The maximum Gasteiger partial charge on any atom is 0.257 e. The van der Waals surface area contributed by atoms with Gasteiger partial charge >= 0.3 is 0 Å². The molecule has 0 fully saturated rings. The number of rotatable bonds is 4. The highest BCUT2D eigenvalue weighted by molar-refractivity contribution is 6.09. The molecule has 2 aromatic heterocycles. The molecule has 0 atom stereocenters. The van der Waals surface area contributed by atoms with Crippen molar-refractivity contribution in [2.75, 3.05) is 10.6 Å². The lowest BCUT2D eigenvalue weighted by atomic mass is 10.1. The second-order valence-corrected chi connectivity index (χ2v) is 5.44. The third kappa shape index (κ3) is 4.06.